The van der Waals surface area contributed by atoms with E-state index in [9.17, 15) is 13.2 Å². The van der Waals surface area contributed by atoms with Crippen LogP contribution < -0.4 is 0 Å². The standard InChI is InChI=1S/C12H11NO4S/c1-9-11(12(14)15)7-8-13(9)18(16,17)10-5-3-2-4-6-10/h2-8H,1H3,(H,14,15). The van der Waals surface area contributed by atoms with Crippen molar-refractivity contribution in [2.45, 2.75) is 11.8 Å². The zero-order valence-electron chi connectivity index (χ0n) is 9.57. The van der Waals surface area contributed by atoms with Crippen LogP contribution in [-0.2, 0) is 10.0 Å². The molecule has 0 aliphatic rings. The lowest BCUT2D eigenvalue weighted by molar-refractivity contribution is 0.0696. The van der Waals surface area contributed by atoms with E-state index in [0.29, 0.717) is 0 Å². The number of carboxylic acids is 1. The van der Waals surface area contributed by atoms with Crippen molar-refractivity contribution in [1.29, 1.82) is 0 Å². The summed E-state index contributed by atoms with van der Waals surface area (Å²) in [5.41, 5.74) is 0.167. The van der Waals surface area contributed by atoms with Gasteiger partial charge in [0.2, 0.25) is 0 Å². The van der Waals surface area contributed by atoms with Crippen LogP contribution in [-0.4, -0.2) is 23.5 Å². The fraction of sp³-hybridized carbons (Fsp3) is 0.0833. The number of rotatable bonds is 3. The second-order valence-corrected chi connectivity index (χ2v) is 5.55. The van der Waals surface area contributed by atoms with E-state index in [-0.39, 0.29) is 16.2 Å². The van der Waals surface area contributed by atoms with Gasteiger partial charge in [-0.2, -0.15) is 0 Å². The van der Waals surface area contributed by atoms with Crippen LogP contribution in [0.15, 0.2) is 47.5 Å². The molecule has 1 heterocycles. The van der Waals surface area contributed by atoms with Crippen LogP contribution in [0, 0.1) is 6.92 Å². The highest BCUT2D eigenvalue weighted by Crippen LogP contribution is 2.18. The minimum Gasteiger partial charge on any atom is -0.478 e. The van der Waals surface area contributed by atoms with Gasteiger partial charge >= 0.3 is 5.97 Å². The van der Waals surface area contributed by atoms with Crippen molar-refractivity contribution in [1.82, 2.24) is 3.97 Å². The average molecular weight is 265 g/mol. The van der Waals surface area contributed by atoms with E-state index in [0.717, 1.165) is 3.97 Å². The van der Waals surface area contributed by atoms with Gasteiger partial charge in [0.25, 0.3) is 10.0 Å². The Bertz CT molecular complexity index is 686. The molecule has 0 saturated heterocycles. The third-order valence-corrected chi connectivity index (χ3v) is 4.41. The summed E-state index contributed by atoms with van der Waals surface area (Å²) < 4.78 is 25.5. The molecule has 0 unspecified atom stereocenters. The first-order chi connectivity index (χ1) is 8.44. The van der Waals surface area contributed by atoms with Gasteiger partial charge in [-0.25, -0.2) is 17.2 Å². The third kappa shape index (κ3) is 1.91. The van der Waals surface area contributed by atoms with Crippen molar-refractivity contribution in [2.24, 2.45) is 0 Å². The van der Waals surface area contributed by atoms with Crippen LogP contribution >= 0.6 is 0 Å². The van der Waals surface area contributed by atoms with Gasteiger partial charge < -0.3 is 5.11 Å². The lowest BCUT2D eigenvalue weighted by atomic mass is 10.3. The maximum absolute atomic E-state index is 12.3. The molecule has 1 aromatic heterocycles. The molecule has 0 bridgehead atoms. The quantitative estimate of drug-likeness (QED) is 0.917. The van der Waals surface area contributed by atoms with Crippen molar-refractivity contribution >= 4 is 16.0 Å². The zero-order chi connectivity index (χ0) is 13.3. The smallest absolute Gasteiger partial charge is 0.337 e. The molecule has 0 spiro atoms. The largest absolute Gasteiger partial charge is 0.478 e. The normalized spacial score (nSPS) is 11.4. The topological polar surface area (TPSA) is 76.4 Å². The van der Waals surface area contributed by atoms with Crippen molar-refractivity contribution < 1.29 is 18.3 Å². The Hall–Kier alpha value is -2.08. The molecule has 2 rings (SSSR count). The molecule has 0 aliphatic carbocycles. The zero-order valence-corrected chi connectivity index (χ0v) is 10.4. The van der Waals surface area contributed by atoms with Gasteiger partial charge in [0.15, 0.2) is 0 Å². The van der Waals surface area contributed by atoms with Gasteiger partial charge in [-0.05, 0) is 25.1 Å². The minimum atomic E-state index is -3.73. The number of carboxylic acid groups (broad SMARTS) is 1. The summed E-state index contributed by atoms with van der Waals surface area (Å²) in [6.07, 6.45) is 1.25. The minimum absolute atomic E-state index is 0.0190. The van der Waals surface area contributed by atoms with E-state index in [2.05, 4.69) is 0 Å². The van der Waals surface area contributed by atoms with Gasteiger partial charge in [-0.1, -0.05) is 18.2 Å². The third-order valence-electron chi connectivity index (χ3n) is 2.63. The molecule has 0 aliphatic heterocycles. The molecule has 1 N–H and O–H groups in total. The Labute approximate surface area is 104 Å². The van der Waals surface area contributed by atoms with Gasteiger partial charge in [0.05, 0.1) is 10.5 Å². The number of hydrogen-bond acceptors (Lipinski definition) is 3. The Morgan fingerprint density at radius 3 is 2.28 bits per heavy atom. The number of carbonyl (C=O) groups is 1. The van der Waals surface area contributed by atoms with Crippen LogP contribution in [0.2, 0.25) is 0 Å². The molecule has 0 atom stereocenters. The number of aromatic nitrogens is 1. The maximum atomic E-state index is 12.3. The molecular formula is C12H11NO4S. The Morgan fingerprint density at radius 2 is 1.78 bits per heavy atom. The van der Waals surface area contributed by atoms with Crippen LogP contribution in [0.4, 0.5) is 0 Å². The van der Waals surface area contributed by atoms with Gasteiger partial charge in [0.1, 0.15) is 0 Å². The van der Waals surface area contributed by atoms with E-state index in [1.54, 1.807) is 18.2 Å². The van der Waals surface area contributed by atoms with Gasteiger partial charge in [-0.15, -0.1) is 0 Å². The SMILES string of the molecule is Cc1c(C(=O)O)ccn1S(=O)(=O)c1ccccc1. The van der Waals surface area contributed by atoms with E-state index < -0.39 is 16.0 Å². The first-order valence-corrected chi connectivity index (χ1v) is 6.60. The summed E-state index contributed by atoms with van der Waals surface area (Å²) in [6, 6.07) is 9.15. The highest BCUT2D eigenvalue weighted by atomic mass is 32.2. The molecule has 1 aromatic carbocycles. The average Bonchev–Trinajstić information content (AvgIpc) is 2.73. The Kier molecular flexibility index (Phi) is 2.96. The van der Waals surface area contributed by atoms with Crippen LogP contribution in [0.1, 0.15) is 16.1 Å². The number of hydrogen-bond donors (Lipinski definition) is 1. The van der Waals surface area contributed by atoms with E-state index in [1.165, 1.54) is 31.3 Å². The number of nitrogens with zero attached hydrogens (tertiary/aromatic N) is 1. The van der Waals surface area contributed by atoms with Crippen LogP contribution in [0.25, 0.3) is 0 Å². The molecule has 94 valence electrons. The summed E-state index contributed by atoms with van der Waals surface area (Å²) in [5.74, 6) is -1.14. The molecule has 0 fully saturated rings. The lowest BCUT2D eigenvalue weighted by Crippen LogP contribution is -2.14. The number of aromatic carboxylic acids is 1. The maximum Gasteiger partial charge on any atom is 0.337 e. The highest BCUT2D eigenvalue weighted by molar-refractivity contribution is 7.90. The van der Waals surface area contributed by atoms with E-state index in [4.69, 9.17) is 5.11 Å². The molecule has 18 heavy (non-hydrogen) atoms. The van der Waals surface area contributed by atoms with Gasteiger partial charge in [-0.3, -0.25) is 0 Å². The van der Waals surface area contributed by atoms with Crippen molar-refractivity contribution in [3.8, 4) is 0 Å². The summed E-state index contributed by atoms with van der Waals surface area (Å²) in [7, 11) is -3.73. The van der Waals surface area contributed by atoms with Crippen LogP contribution in [0.3, 0.4) is 0 Å². The molecule has 5 nitrogen and oxygen atoms in total. The number of benzene rings is 1. The second-order valence-electron chi connectivity index (χ2n) is 3.73. The summed E-state index contributed by atoms with van der Waals surface area (Å²) in [5, 5.41) is 8.91. The second kappa shape index (κ2) is 4.30. The van der Waals surface area contributed by atoms with Crippen molar-refractivity contribution in [3.05, 3.63) is 53.9 Å². The molecule has 0 radical (unpaired) electrons. The highest BCUT2D eigenvalue weighted by Gasteiger charge is 2.21. The first kappa shape index (κ1) is 12.4. The van der Waals surface area contributed by atoms with E-state index >= 15 is 0 Å². The first-order valence-electron chi connectivity index (χ1n) is 5.16. The fourth-order valence-corrected chi connectivity index (χ4v) is 3.09. The predicted molar refractivity (Wildman–Crippen MR) is 65.2 cm³/mol. The predicted octanol–water partition coefficient (Wildman–Crippen LogP) is 1.73. The Morgan fingerprint density at radius 1 is 1.17 bits per heavy atom. The van der Waals surface area contributed by atoms with Crippen molar-refractivity contribution in [3.63, 3.8) is 0 Å². The monoisotopic (exact) mass is 265 g/mol. The lowest BCUT2D eigenvalue weighted by Gasteiger charge is -2.08. The molecule has 0 amide bonds. The fourth-order valence-electron chi connectivity index (χ4n) is 1.69. The summed E-state index contributed by atoms with van der Waals surface area (Å²) in [4.78, 5) is 11.0. The molecule has 6 heteroatoms. The van der Waals surface area contributed by atoms with Gasteiger partial charge in [0, 0.05) is 11.9 Å². The molecule has 0 saturated carbocycles. The molecular weight excluding hydrogens is 254 g/mol. The Balaban J connectivity index is 2.60. The van der Waals surface area contributed by atoms with E-state index in [1.807, 2.05) is 0 Å². The summed E-state index contributed by atoms with van der Waals surface area (Å²) in [6.45, 7) is 1.46. The summed E-state index contributed by atoms with van der Waals surface area (Å²) >= 11 is 0. The van der Waals surface area contributed by atoms with Crippen LogP contribution in [0.5, 0.6) is 0 Å². The van der Waals surface area contributed by atoms with Crippen molar-refractivity contribution in [2.75, 3.05) is 0 Å². The molecule has 2 aromatic rings.